The molecule has 4 rings (SSSR count). The number of fused-ring (bicyclic) bond motifs is 1. The van der Waals surface area contributed by atoms with Gasteiger partial charge in [-0.1, -0.05) is 43.2 Å². The van der Waals surface area contributed by atoms with Gasteiger partial charge in [-0.05, 0) is 31.2 Å². The van der Waals surface area contributed by atoms with Crippen LogP contribution in [0.5, 0.6) is 0 Å². The minimum absolute atomic E-state index is 0.240. The molecule has 0 N–H and O–H groups in total. The summed E-state index contributed by atoms with van der Waals surface area (Å²) in [6.07, 6.45) is 7.06. The zero-order chi connectivity index (χ0) is 15.0. The first-order valence-electron chi connectivity index (χ1n) is 8.52. The number of nitrogens with zero attached hydrogens (tertiary/aromatic N) is 4. The largest absolute Gasteiger partial charge is 0.285 e. The number of benzene rings is 1. The van der Waals surface area contributed by atoms with Crippen LogP contribution in [-0.4, -0.2) is 26.2 Å². The Bertz CT molecular complexity index is 636. The summed E-state index contributed by atoms with van der Waals surface area (Å²) in [7, 11) is 0. The third-order valence-electron chi connectivity index (χ3n) is 5.64. The van der Waals surface area contributed by atoms with E-state index in [1.807, 2.05) is 4.68 Å². The average molecular weight is 296 g/mol. The monoisotopic (exact) mass is 296 g/mol. The summed E-state index contributed by atoms with van der Waals surface area (Å²) in [6, 6.07) is 11.1. The summed E-state index contributed by atoms with van der Waals surface area (Å²) in [5.74, 6) is 1.91. The summed E-state index contributed by atoms with van der Waals surface area (Å²) in [5.41, 5.74) is 1.73. The van der Waals surface area contributed by atoms with Gasteiger partial charge in [0.25, 0.3) is 0 Å². The van der Waals surface area contributed by atoms with Gasteiger partial charge in [-0.3, -0.25) is 4.90 Å². The summed E-state index contributed by atoms with van der Waals surface area (Å²) in [4.78, 5) is 7.12. The lowest BCUT2D eigenvalue weighted by Crippen LogP contribution is -2.65. The first kappa shape index (κ1) is 13.9. The number of rotatable bonds is 4. The molecular formula is C18H24N4. The highest BCUT2D eigenvalue weighted by molar-refractivity contribution is 5.30. The predicted octanol–water partition coefficient (Wildman–Crippen LogP) is 3.20. The van der Waals surface area contributed by atoms with Gasteiger partial charge in [-0.15, -0.1) is 0 Å². The van der Waals surface area contributed by atoms with Crippen molar-refractivity contribution < 1.29 is 0 Å². The summed E-state index contributed by atoms with van der Waals surface area (Å²) >= 11 is 0. The Labute approximate surface area is 132 Å². The minimum Gasteiger partial charge on any atom is -0.285 e. The van der Waals surface area contributed by atoms with Gasteiger partial charge in [0.1, 0.15) is 12.2 Å². The molecule has 2 aliphatic rings. The van der Waals surface area contributed by atoms with E-state index in [1.165, 1.54) is 37.8 Å². The van der Waals surface area contributed by atoms with Crippen LogP contribution in [0.2, 0.25) is 0 Å². The van der Waals surface area contributed by atoms with E-state index in [4.69, 9.17) is 0 Å². The maximum absolute atomic E-state index is 4.48. The number of likely N-dealkylation sites (tertiary alicyclic amines) is 1. The van der Waals surface area contributed by atoms with E-state index in [2.05, 4.69) is 52.2 Å². The van der Waals surface area contributed by atoms with Crippen molar-refractivity contribution in [2.75, 3.05) is 6.54 Å². The Balaban J connectivity index is 1.65. The predicted molar refractivity (Wildman–Crippen MR) is 86.2 cm³/mol. The van der Waals surface area contributed by atoms with Gasteiger partial charge in [-0.25, -0.2) is 9.67 Å². The summed E-state index contributed by atoms with van der Waals surface area (Å²) in [6.45, 7) is 5.14. The van der Waals surface area contributed by atoms with Crippen molar-refractivity contribution in [2.24, 2.45) is 5.92 Å². The van der Waals surface area contributed by atoms with Gasteiger partial charge in [-0.2, -0.15) is 5.10 Å². The molecular weight excluding hydrogens is 272 g/mol. The maximum Gasteiger partial charge on any atom is 0.141 e. The quantitative estimate of drug-likeness (QED) is 0.869. The second kappa shape index (κ2) is 5.51. The molecule has 4 heteroatoms. The lowest BCUT2D eigenvalue weighted by atomic mass is 9.62. The third-order valence-corrected chi connectivity index (χ3v) is 5.64. The van der Waals surface area contributed by atoms with Crippen LogP contribution < -0.4 is 0 Å². The molecule has 1 aromatic heterocycles. The smallest absolute Gasteiger partial charge is 0.141 e. The third kappa shape index (κ3) is 2.01. The first-order chi connectivity index (χ1) is 10.8. The Morgan fingerprint density at radius 2 is 2.09 bits per heavy atom. The van der Waals surface area contributed by atoms with Crippen LogP contribution >= 0.6 is 0 Å². The van der Waals surface area contributed by atoms with Crippen molar-refractivity contribution in [3.05, 3.63) is 48.0 Å². The van der Waals surface area contributed by atoms with E-state index in [-0.39, 0.29) is 5.54 Å². The molecule has 2 heterocycles. The van der Waals surface area contributed by atoms with Crippen molar-refractivity contribution in [1.82, 2.24) is 19.7 Å². The Morgan fingerprint density at radius 1 is 1.23 bits per heavy atom. The fourth-order valence-electron chi connectivity index (χ4n) is 4.54. The molecule has 22 heavy (non-hydrogen) atoms. The van der Waals surface area contributed by atoms with Crippen LogP contribution in [-0.2, 0) is 18.6 Å². The highest BCUT2D eigenvalue weighted by atomic mass is 15.4. The molecule has 1 saturated heterocycles. The first-order valence-corrected chi connectivity index (χ1v) is 8.52. The number of aryl methyl sites for hydroxylation is 1. The molecule has 1 aliphatic heterocycles. The lowest BCUT2D eigenvalue weighted by molar-refractivity contribution is -0.123. The lowest BCUT2D eigenvalue weighted by Gasteiger charge is -2.61. The second-order valence-electron chi connectivity index (χ2n) is 6.61. The highest BCUT2D eigenvalue weighted by Crippen LogP contribution is 2.54. The maximum atomic E-state index is 4.48. The molecule has 0 spiro atoms. The number of hydrogen-bond acceptors (Lipinski definition) is 3. The molecule has 0 bridgehead atoms. The zero-order valence-corrected chi connectivity index (χ0v) is 13.3. The van der Waals surface area contributed by atoms with Crippen molar-refractivity contribution in [3.63, 3.8) is 0 Å². The Kier molecular flexibility index (Phi) is 3.49. The topological polar surface area (TPSA) is 34.0 Å². The van der Waals surface area contributed by atoms with Crippen LogP contribution in [0.15, 0.2) is 36.7 Å². The summed E-state index contributed by atoms with van der Waals surface area (Å²) in [5, 5.41) is 4.32. The molecule has 0 radical (unpaired) electrons. The SMILES string of the molecule is CCn1ncnc1CN1C[C@@H]2CCCC[C@]21c1ccccc1. The molecule has 1 aromatic carbocycles. The number of hydrogen-bond donors (Lipinski definition) is 0. The van der Waals surface area contributed by atoms with Gasteiger partial charge in [0.05, 0.1) is 12.1 Å². The molecule has 0 amide bonds. The average Bonchev–Trinajstić information content (AvgIpc) is 3.01. The molecule has 0 unspecified atom stereocenters. The van der Waals surface area contributed by atoms with Gasteiger partial charge < -0.3 is 0 Å². The van der Waals surface area contributed by atoms with E-state index >= 15 is 0 Å². The van der Waals surface area contributed by atoms with Gasteiger partial charge >= 0.3 is 0 Å². The van der Waals surface area contributed by atoms with Crippen LogP contribution in [0.4, 0.5) is 0 Å². The minimum atomic E-state index is 0.240. The molecule has 116 valence electrons. The Morgan fingerprint density at radius 3 is 2.86 bits per heavy atom. The van der Waals surface area contributed by atoms with E-state index in [1.54, 1.807) is 6.33 Å². The second-order valence-corrected chi connectivity index (χ2v) is 6.61. The van der Waals surface area contributed by atoms with Crippen LogP contribution in [0.3, 0.4) is 0 Å². The van der Waals surface area contributed by atoms with E-state index in [9.17, 15) is 0 Å². The van der Waals surface area contributed by atoms with Gasteiger partial charge in [0.15, 0.2) is 0 Å². The van der Waals surface area contributed by atoms with Crippen LogP contribution in [0.25, 0.3) is 0 Å². The zero-order valence-electron chi connectivity index (χ0n) is 13.3. The number of aromatic nitrogens is 3. The van der Waals surface area contributed by atoms with Crippen LogP contribution in [0.1, 0.15) is 44.0 Å². The van der Waals surface area contributed by atoms with Crippen LogP contribution in [0, 0.1) is 5.92 Å². The van der Waals surface area contributed by atoms with Crippen molar-refractivity contribution >= 4 is 0 Å². The molecule has 1 saturated carbocycles. The normalized spacial score (nSPS) is 28.1. The van der Waals surface area contributed by atoms with Gasteiger partial charge in [0.2, 0.25) is 0 Å². The molecule has 4 nitrogen and oxygen atoms in total. The van der Waals surface area contributed by atoms with Crippen molar-refractivity contribution in [1.29, 1.82) is 0 Å². The van der Waals surface area contributed by atoms with E-state index < -0.39 is 0 Å². The van der Waals surface area contributed by atoms with Crippen molar-refractivity contribution in [3.8, 4) is 0 Å². The molecule has 2 aromatic rings. The molecule has 2 fully saturated rings. The van der Waals surface area contributed by atoms with E-state index in [0.717, 1.165) is 24.8 Å². The van der Waals surface area contributed by atoms with Gasteiger partial charge in [0, 0.05) is 13.1 Å². The standard InChI is InChI=1S/C18H24N4/c1-2-22-17(19-14-20-22)13-21-12-16-10-6-7-11-18(16,21)15-8-4-3-5-9-15/h3-5,8-9,14,16H,2,6-7,10-13H2,1H3/t16-,18-/m0/s1. The fraction of sp³-hybridized carbons (Fsp3) is 0.556. The van der Waals surface area contributed by atoms with Crippen molar-refractivity contribution in [2.45, 2.75) is 51.2 Å². The van der Waals surface area contributed by atoms with E-state index in [0.29, 0.717) is 0 Å². The molecule has 1 aliphatic carbocycles. The Hall–Kier alpha value is -1.68. The highest BCUT2D eigenvalue weighted by Gasteiger charge is 2.54. The summed E-state index contributed by atoms with van der Waals surface area (Å²) < 4.78 is 2.02. The molecule has 2 atom stereocenters. The fourth-order valence-corrected chi connectivity index (χ4v) is 4.54.